The molecular formula is C20H23NO5S. The predicted molar refractivity (Wildman–Crippen MR) is 103 cm³/mol. The Bertz CT molecular complexity index is 982. The minimum Gasteiger partial charge on any atom is -0.480 e. The van der Waals surface area contributed by atoms with Gasteiger partial charge in [0.2, 0.25) is 0 Å². The van der Waals surface area contributed by atoms with Crippen LogP contribution < -0.4 is 10.4 Å². The molecule has 0 aliphatic heterocycles. The molecule has 0 aliphatic carbocycles. The summed E-state index contributed by atoms with van der Waals surface area (Å²) in [5, 5.41) is 0. The molecule has 1 heterocycles. The van der Waals surface area contributed by atoms with Gasteiger partial charge in [-0.25, -0.2) is 17.5 Å². The van der Waals surface area contributed by atoms with Crippen LogP contribution in [0, 0.1) is 25.8 Å². The lowest BCUT2D eigenvalue weighted by Crippen LogP contribution is -2.27. The van der Waals surface area contributed by atoms with Crippen LogP contribution in [0.15, 0.2) is 50.5 Å². The molecule has 0 aliphatic rings. The molecule has 0 saturated carbocycles. The van der Waals surface area contributed by atoms with Crippen LogP contribution in [0.4, 0.5) is 0 Å². The minimum atomic E-state index is -3.71. The Morgan fingerprint density at radius 3 is 2.48 bits per heavy atom. The van der Waals surface area contributed by atoms with Crippen LogP contribution in [0.5, 0.6) is 5.75 Å². The van der Waals surface area contributed by atoms with Gasteiger partial charge in [0.25, 0.3) is 10.0 Å². The summed E-state index contributed by atoms with van der Waals surface area (Å²) in [6.07, 6.45) is 1.54. The highest BCUT2D eigenvalue weighted by atomic mass is 32.2. The Hall–Kier alpha value is -2.72. The molecular weight excluding hydrogens is 366 g/mol. The Morgan fingerprint density at radius 2 is 1.85 bits per heavy atom. The molecule has 7 heteroatoms. The topological polar surface area (TPSA) is 76.8 Å². The van der Waals surface area contributed by atoms with Crippen LogP contribution in [-0.4, -0.2) is 25.9 Å². The smallest absolute Gasteiger partial charge is 0.339 e. The monoisotopic (exact) mass is 389 g/mol. The lowest BCUT2D eigenvalue weighted by atomic mass is 10.2. The highest BCUT2D eigenvalue weighted by Gasteiger charge is 2.21. The summed E-state index contributed by atoms with van der Waals surface area (Å²) in [7, 11) is -3.71. The molecule has 1 aromatic heterocycles. The van der Waals surface area contributed by atoms with Gasteiger partial charge in [-0.15, -0.1) is 0 Å². The Morgan fingerprint density at radius 1 is 1.15 bits per heavy atom. The SMILES string of the molecule is CCCCN(C#CCOc1cc(C)oc(=O)c1)S(=O)(=O)c1ccc(C)cc1. The standard InChI is InChI=1S/C20H23NO5S/c1-4-5-11-21(27(23,24)19-9-7-16(2)8-10-19)12-6-13-25-18-14-17(3)26-20(22)15-18/h7-10,14-15H,4-5,11,13H2,1-3H3. The van der Waals surface area contributed by atoms with E-state index >= 15 is 0 Å². The maximum Gasteiger partial charge on any atom is 0.339 e. The van der Waals surface area contributed by atoms with Crippen LogP contribution in [0.1, 0.15) is 31.1 Å². The van der Waals surface area contributed by atoms with Gasteiger partial charge in [-0.1, -0.05) is 31.0 Å². The van der Waals surface area contributed by atoms with Crippen molar-refractivity contribution in [2.24, 2.45) is 0 Å². The van der Waals surface area contributed by atoms with Crippen LogP contribution in [0.25, 0.3) is 0 Å². The van der Waals surface area contributed by atoms with E-state index in [1.807, 2.05) is 13.8 Å². The third kappa shape index (κ3) is 5.90. The van der Waals surface area contributed by atoms with E-state index < -0.39 is 15.6 Å². The van der Waals surface area contributed by atoms with Crippen LogP contribution in [-0.2, 0) is 10.0 Å². The highest BCUT2D eigenvalue weighted by molar-refractivity contribution is 7.89. The first-order valence-electron chi connectivity index (χ1n) is 8.65. The van der Waals surface area contributed by atoms with Crippen LogP contribution in [0.3, 0.4) is 0 Å². The van der Waals surface area contributed by atoms with E-state index in [2.05, 4.69) is 12.0 Å². The molecule has 0 bridgehead atoms. The fourth-order valence-electron chi connectivity index (χ4n) is 2.27. The number of rotatable bonds is 7. The zero-order valence-electron chi connectivity index (χ0n) is 15.7. The molecule has 144 valence electrons. The summed E-state index contributed by atoms with van der Waals surface area (Å²) < 4.78 is 37.1. The van der Waals surface area contributed by atoms with Gasteiger partial charge in [0, 0.05) is 18.7 Å². The van der Waals surface area contributed by atoms with Crippen molar-refractivity contribution in [3.05, 3.63) is 58.1 Å². The van der Waals surface area contributed by atoms with Gasteiger partial charge < -0.3 is 9.15 Å². The molecule has 2 rings (SSSR count). The van der Waals surface area contributed by atoms with Crippen LogP contribution in [0.2, 0.25) is 0 Å². The van der Waals surface area contributed by atoms with Crippen molar-refractivity contribution in [1.29, 1.82) is 0 Å². The maximum absolute atomic E-state index is 12.8. The normalized spacial score (nSPS) is 10.8. The second-order valence-electron chi connectivity index (χ2n) is 6.04. The second kappa shape index (κ2) is 9.28. The van der Waals surface area contributed by atoms with Crippen molar-refractivity contribution in [1.82, 2.24) is 4.31 Å². The summed E-state index contributed by atoms with van der Waals surface area (Å²) >= 11 is 0. The lowest BCUT2D eigenvalue weighted by Gasteiger charge is -2.17. The summed E-state index contributed by atoms with van der Waals surface area (Å²) in [5.74, 6) is 3.47. The van der Waals surface area contributed by atoms with Gasteiger partial charge in [0.05, 0.1) is 11.0 Å². The highest BCUT2D eigenvalue weighted by Crippen LogP contribution is 2.16. The molecule has 0 amide bonds. The first kappa shape index (κ1) is 20.6. The number of ether oxygens (including phenoxy) is 1. The molecule has 6 nitrogen and oxygen atoms in total. The molecule has 0 radical (unpaired) electrons. The molecule has 0 atom stereocenters. The summed E-state index contributed by atoms with van der Waals surface area (Å²) in [4.78, 5) is 11.5. The third-order valence-electron chi connectivity index (χ3n) is 3.71. The number of nitrogens with zero attached hydrogens (tertiary/aromatic N) is 1. The molecule has 2 aromatic rings. The molecule has 1 aromatic carbocycles. The van der Waals surface area contributed by atoms with E-state index in [4.69, 9.17) is 9.15 Å². The lowest BCUT2D eigenvalue weighted by molar-refractivity contribution is 0.358. The number of sulfonamides is 1. The average molecular weight is 389 g/mol. The second-order valence-corrected chi connectivity index (χ2v) is 7.91. The third-order valence-corrected chi connectivity index (χ3v) is 5.43. The predicted octanol–water partition coefficient (Wildman–Crippen LogP) is 3.09. The van der Waals surface area contributed by atoms with Crippen molar-refractivity contribution in [3.63, 3.8) is 0 Å². The van der Waals surface area contributed by atoms with Crippen molar-refractivity contribution in [3.8, 4) is 17.7 Å². The van der Waals surface area contributed by atoms with E-state index in [0.717, 1.165) is 16.3 Å². The summed E-state index contributed by atoms with van der Waals surface area (Å²) in [5.41, 5.74) is 0.473. The van der Waals surface area contributed by atoms with Gasteiger partial charge >= 0.3 is 5.63 Å². The molecule has 0 N–H and O–H groups in total. The first-order chi connectivity index (χ1) is 12.8. The van der Waals surface area contributed by atoms with E-state index in [0.29, 0.717) is 24.5 Å². The zero-order valence-corrected chi connectivity index (χ0v) is 16.5. The summed E-state index contributed by atoms with van der Waals surface area (Å²) in [6, 6.07) is 12.1. The van der Waals surface area contributed by atoms with Crippen molar-refractivity contribution in [2.75, 3.05) is 13.2 Å². The number of hydrogen-bond donors (Lipinski definition) is 0. The van der Waals surface area contributed by atoms with Gasteiger partial charge in [-0.3, -0.25) is 0 Å². The average Bonchev–Trinajstić information content (AvgIpc) is 2.60. The number of aryl methyl sites for hydroxylation is 2. The molecule has 0 fully saturated rings. The molecule has 0 spiro atoms. The van der Waals surface area contributed by atoms with E-state index in [1.54, 1.807) is 37.3 Å². The Labute approximate surface area is 159 Å². The van der Waals surface area contributed by atoms with Crippen molar-refractivity contribution < 1.29 is 17.6 Å². The fraction of sp³-hybridized carbons (Fsp3) is 0.350. The van der Waals surface area contributed by atoms with E-state index in [9.17, 15) is 13.2 Å². The van der Waals surface area contributed by atoms with Gasteiger partial charge in [-0.2, -0.15) is 0 Å². The number of hydrogen-bond acceptors (Lipinski definition) is 5. The van der Waals surface area contributed by atoms with Gasteiger partial charge in [0.1, 0.15) is 11.5 Å². The van der Waals surface area contributed by atoms with Crippen molar-refractivity contribution >= 4 is 10.0 Å². The maximum atomic E-state index is 12.8. The van der Waals surface area contributed by atoms with Crippen molar-refractivity contribution in [2.45, 2.75) is 38.5 Å². The first-order valence-corrected chi connectivity index (χ1v) is 10.1. The van der Waals surface area contributed by atoms with Gasteiger partial charge in [0.15, 0.2) is 6.61 Å². The Kier molecular flexibility index (Phi) is 7.08. The zero-order chi connectivity index (χ0) is 19.9. The number of unbranched alkanes of at least 4 members (excludes halogenated alkanes) is 1. The molecule has 27 heavy (non-hydrogen) atoms. The fourth-order valence-corrected chi connectivity index (χ4v) is 3.56. The van der Waals surface area contributed by atoms with Crippen LogP contribution >= 0.6 is 0 Å². The van der Waals surface area contributed by atoms with Gasteiger partial charge in [-0.05, 0) is 38.3 Å². The van der Waals surface area contributed by atoms with E-state index in [-0.39, 0.29) is 11.5 Å². The molecule has 0 saturated heterocycles. The molecule has 0 unspecified atom stereocenters. The minimum absolute atomic E-state index is 0.0467. The summed E-state index contributed by atoms with van der Waals surface area (Å²) in [6.45, 7) is 5.77. The Balaban J connectivity index is 2.15. The quantitative estimate of drug-likeness (QED) is 0.537. The number of benzene rings is 1. The largest absolute Gasteiger partial charge is 0.480 e. The van der Waals surface area contributed by atoms with E-state index in [1.165, 1.54) is 6.07 Å².